The summed E-state index contributed by atoms with van der Waals surface area (Å²) in [6, 6.07) is 20.2. The molecule has 3 aromatic rings. The van der Waals surface area contributed by atoms with E-state index in [1.54, 1.807) is 17.6 Å². The van der Waals surface area contributed by atoms with Crippen molar-refractivity contribution in [1.29, 1.82) is 0 Å². The van der Waals surface area contributed by atoms with E-state index in [1.807, 2.05) is 50.2 Å². The van der Waals surface area contributed by atoms with E-state index in [4.69, 9.17) is 0 Å². The molecule has 0 aliphatic carbocycles. The Hall–Kier alpha value is -1.62. The molecule has 3 rings (SSSR count). The zero-order chi connectivity index (χ0) is 16.4. The van der Waals surface area contributed by atoms with Crippen molar-refractivity contribution in [3.8, 4) is 0 Å². The van der Waals surface area contributed by atoms with E-state index in [-0.39, 0.29) is 0 Å². The number of thiazole rings is 1. The Morgan fingerprint density at radius 1 is 0.913 bits per heavy atom. The van der Waals surface area contributed by atoms with Crippen LogP contribution in [0.3, 0.4) is 0 Å². The lowest BCUT2D eigenvalue weighted by Crippen LogP contribution is -2.37. The summed E-state index contributed by atoms with van der Waals surface area (Å²) in [5.41, 5.74) is 3.04. The zero-order valence-corrected chi connectivity index (χ0v) is 15.1. The lowest BCUT2D eigenvalue weighted by Gasteiger charge is -2.34. The van der Waals surface area contributed by atoms with Gasteiger partial charge in [-0.1, -0.05) is 60.7 Å². The molecule has 4 heteroatoms. The van der Waals surface area contributed by atoms with Crippen molar-refractivity contribution in [1.82, 2.24) is 4.98 Å². The van der Waals surface area contributed by atoms with Gasteiger partial charge in [0.2, 0.25) is 4.75 Å². The third kappa shape index (κ3) is 2.71. The number of hydrogen-bond acceptors (Lipinski definition) is 3. The highest BCUT2D eigenvalue weighted by molar-refractivity contribution is 7.92. The summed E-state index contributed by atoms with van der Waals surface area (Å²) < 4.78 is 12.4. The van der Waals surface area contributed by atoms with Gasteiger partial charge in [-0.2, -0.15) is 0 Å². The Balaban J connectivity index is 2.39. The number of aromatic nitrogens is 1. The van der Waals surface area contributed by atoms with E-state index in [0.717, 1.165) is 26.7 Å². The van der Waals surface area contributed by atoms with Gasteiger partial charge in [-0.3, -0.25) is 0 Å². The highest BCUT2D eigenvalue weighted by atomic mass is 32.2. The minimum Gasteiger partial charge on any atom is -0.615 e. The Morgan fingerprint density at radius 2 is 1.39 bits per heavy atom. The van der Waals surface area contributed by atoms with Crippen molar-refractivity contribution in [2.75, 3.05) is 6.26 Å². The third-order valence-electron chi connectivity index (χ3n) is 4.02. The van der Waals surface area contributed by atoms with Crippen LogP contribution in [0.5, 0.6) is 0 Å². The van der Waals surface area contributed by atoms with Crippen molar-refractivity contribution in [3.05, 3.63) is 87.4 Å². The second-order valence-corrected chi connectivity index (χ2v) is 8.24. The molecule has 1 atom stereocenters. The summed E-state index contributed by atoms with van der Waals surface area (Å²) in [6.07, 6.45) is 1.79. The molecule has 0 aliphatic heterocycles. The van der Waals surface area contributed by atoms with Gasteiger partial charge in [-0.15, -0.1) is 11.3 Å². The molecule has 1 unspecified atom stereocenters. The van der Waals surface area contributed by atoms with Crippen LogP contribution in [0.2, 0.25) is 0 Å². The Morgan fingerprint density at radius 3 is 1.74 bits per heavy atom. The van der Waals surface area contributed by atoms with Crippen molar-refractivity contribution in [2.45, 2.75) is 18.6 Å². The van der Waals surface area contributed by atoms with Crippen LogP contribution >= 0.6 is 11.3 Å². The fraction of sp³-hybridized carbons (Fsp3) is 0.211. The highest BCUT2D eigenvalue weighted by Gasteiger charge is 2.48. The van der Waals surface area contributed by atoms with Gasteiger partial charge in [-0.05, 0) is 25.0 Å². The molecule has 0 spiro atoms. The first-order chi connectivity index (χ1) is 11.1. The topological polar surface area (TPSA) is 36.0 Å². The van der Waals surface area contributed by atoms with Crippen LogP contribution in [0.1, 0.15) is 26.7 Å². The molecule has 0 amide bonds. The summed E-state index contributed by atoms with van der Waals surface area (Å²) >= 11 is 0.494. The molecule has 1 heterocycles. The van der Waals surface area contributed by atoms with Crippen LogP contribution in [0.15, 0.2) is 60.7 Å². The Bertz CT molecular complexity index is 742. The monoisotopic (exact) mass is 341 g/mol. The molecule has 2 aromatic carbocycles. The van der Waals surface area contributed by atoms with Crippen LogP contribution in [0.25, 0.3) is 0 Å². The van der Waals surface area contributed by atoms with E-state index >= 15 is 0 Å². The lowest BCUT2D eigenvalue weighted by atomic mass is 9.88. The van der Waals surface area contributed by atoms with Crippen molar-refractivity contribution < 1.29 is 4.55 Å². The smallest absolute Gasteiger partial charge is 0.211 e. The van der Waals surface area contributed by atoms with E-state index < -0.39 is 15.9 Å². The number of nitrogens with zero attached hydrogens (tertiary/aromatic N) is 1. The number of benzene rings is 2. The van der Waals surface area contributed by atoms with Gasteiger partial charge in [0.15, 0.2) is 0 Å². The average molecular weight is 342 g/mol. The summed E-state index contributed by atoms with van der Waals surface area (Å²) in [6.45, 7) is 4.01. The summed E-state index contributed by atoms with van der Waals surface area (Å²) in [4.78, 5) is 5.66. The van der Waals surface area contributed by atoms with Gasteiger partial charge in [0.1, 0.15) is 0 Å². The van der Waals surface area contributed by atoms with Crippen LogP contribution in [0.4, 0.5) is 0 Å². The average Bonchev–Trinajstić information content (AvgIpc) is 2.89. The van der Waals surface area contributed by atoms with Crippen LogP contribution in [-0.2, 0) is 15.9 Å². The van der Waals surface area contributed by atoms with Crippen LogP contribution < -0.4 is 0 Å². The molecule has 23 heavy (non-hydrogen) atoms. The van der Waals surface area contributed by atoms with Crippen LogP contribution in [0, 0.1) is 13.8 Å². The molecule has 118 valence electrons. The van der Waals surface area contributed by atoms with E-state index in [0.29, 0.717) is 0 Å². The summed E-state index contributed by atoms with van der Waals surface area (Å²) in [5.74, 6) is 0. The minimum absolute atomic E-state index is 0.682. The highest BCUT2D eigenvalue weighted by Crippen LogP contribution is 2.46. The molecule has 0 bridgehead atoms. The first kappa shape index (κ1) is 16.2. The summed E-state index contributed by atoms with van der Waals surface area (Å²) in [5, 5.41) is 0.999. The third-order valence-corrected chi connectivity index (χ3v) is 6.87. The maximum absolute atomic E-state index is 13.1. The maximum Gasteiger partial charge on any atom is 0.211 e. The number of rotatable bonds is 4. The predicted octanol–water partition coefficient (Wildman–Crippen LogP) is 4.43. The van der Waals surface area contributed by atoms with E-state index in [1.165, 1.54) is 0 Å². The maximum atomic E-state index is 13.1. The second kappa shape index (κ2) is 6.48. The lowest BCUT2D eigenvalue weighted by molar-refractivity contribution is 0.578. The van der Waals surface area contributed by atoms with Crippen molar-refractivity contribution in [3.63, 3.8) is 0 Å². The SMILES string of the molecule is Cc1nc(C)c(C(c2ccccc2)(c2ccccc2)[S+](C)[O-])s1. The van der Waals surface area contributed by atoms with Gasteiger partial charge >= 0.3 is 0 Å². The molecule has 0 fully saturated rings. The largest absolute Gasteiger partial charge is 0.615 e. The van der Waals surface area contributed by atoms with Gasteiger partial charge < -0.3 is 4.55 Å². The summed E-state index contributed by atoms with van der Waals surface area (Å²) in [7, 11) is 0. The molecule has 0 N–H and O–H groups in total. The Labute approximate surface area is 144 Å². The van der Waals surface area contributed by atoms with E-state index in [9.17, 15) is 4.55 Å². The minimum atomic E-state index is -1.14. The molecular weight excluding hydrogens is 322 g/mol. The quantitative estimate of drug-likeness (QED) is 0.658. The zero-order valence-electron chi connectivity index (χ0n) is 13.4. The van der Waals surface area contributed by atoms with Gasteiger partial charge in [0.05, 0.1) is 21.8 Å². The molecular formula is C19H19NOS2. The molecule has 0 aliphatic rings. The molecule has 1 aromatic heterocycles. The molecule has 0 radical (unpaired) electrons. The number of aryl methyl sites for hydroxylation is 2. The van der Waals surface area contributed by atoms with Crippen LogP contribution in [-0.4, -0.2) is 15.8 Å². The molecule has 0 saturated carbocycles. The standard InChI is InChI=1S/C19H19NOS2/c1-14-18(22-15(2)20-14)19(23(3)21,16-10-6-4-7-11-16)17-12-8-5-9-13-17/h4-13H,1-3H3. The van der Waals surface area contributed by atoms with Gasteiger partial charge in [0, 0.05) is 11.1 Å². The first-order valence-corrected chi connectivity index (χ1v) is 9.83. The van der Waals surface area contributed by atoms with Crippen molar-refractivity contribution in [2.24, 2.45) is 0 Å². The first-order valence-electron chi connectivity index (χ1n) is 7.46. The van der Waals surface area contributed by atoms with Gasteiger partial charge in [-0.25, -0.2) is 4.98 Å². The fourth-order valence-electron chi connectivity index (χ4n) is 3.09. The molecule has 0 saturated heterocycles. The fourth-order valence-corrected chi connectivity index (χ4v) is 5.97. The number of hydrogen-bond donors (Lipinski definition) is 0. The van der Waals surface area contributed by atoms with Crippen molar-refractivity contribution >= 4 is 22.5 Å². The normalized spacial score (nSPS) is 13.0. The predicted molar refractivity (Wildman–Crippen MR) is 98.4 cm³/mol. The molecule has 2 nitrogen and oxygen atoms in total. The second-order valence-electron chi connectivity index (χ2n) is 5.51. The van der Waals surface area contributed by atoms with Gasteiger partial charge in [0.25, 0.3) is 0 Å². The van der Waals surface area contributed by atoms with E-state index in [2.05, 4.69) is 29.2 Å². The Kier molecular flexibility index (Phi) is 4.57.